The van der Waals surface area contributed by atoms with Crippen LogP contribution in [0.4, 0.5) is 5.69 Å². The van der Waals surface area contributed by atoms with Crippen LogP contribution in [0.25, 0.3) is 0 Å². The highest BCUT2D eigenvalue weighted by atomic mass is 32.2. The highest BCUT2D eigenvalue weighted by molar-refractivity contribution is 8.02. The summed E-state index contributed by atoms with van der Waals surface area (Å²) in [6.45, 7) is 3.73. The van der Waals surface area contributed by atoms with Gasteiger partial charge in [0.05, 0.1) is 16.9 Å². The van der Waals surface area contributed by atoms with Crippen molar-refractivity contribution in [3.63, 3.8) is 0 Å². The van der Waals surface area contributed by atoms with Crippen LogP contribution in [0.2, 0.25) is 0 Å². The van der Waals surface area contributed by atoms with Gasteiger partial charge in [-0.1, -0.05) is 42.0 Å². The smallest absolute Gasteiger partial charge is 0.312 e. The van der Waals surface area contributed by atoms with Crippen molar-refractivity contribution in [1.29, 1.82) is 0 Å². The minimum absolute atomic E-state index is 0.0802. The molecule has 2 aliphatic rings. The Morgan fingerprint density at radius 1 is 1.24 bits per heavy atom. The van der Waals surface area contributed by atoms with Gasteiger partial charge in [0, 0.05) is 11.2 Å². The largest absolute Gasteiger partial charge is 0.481 e. The normalized spacial score (nSPS) is 28.6. The summed E-state index contributed by atoms with van der Waals surface area (Å²) in [5.41, 5.74) is 1.60. The summed E-state index contributed by atoms with van der Waals surface area (Å²) in [5, 5.41) is 8.87. The molecule has 0 saturated carbocycles. The first-order valence-corrected chi connectivity index (χ1v) is 8.90. The summed E-state index contributed by atoms with van der Waals surface area (Å²) in [7, 11) is 0. The molecular formula is C19H19NO4S. The maximum Gasteiger partial charge on any atom is 0.312 e. The van der Waals surface area contributed by atoms with Crippen molar-refractivity contribution in [3.05, 3.63) is 54.1 Å². The van der Waals surface area contributed by atoms with E-state index in [2.05, 4.69) is 0 Å². The number of hydrogen-bond acceptors (Lipinski definition) is 4. The van der Waals surface area contributed by atoms with Crippen LogP contribution >= 0.6 is 11.8 Å². The van der Waals surface area contributed by atoms with Crippen molar-refractivity contribution < 1.29 is 19.5 Å². The molecule has 0 bridgehead atoms. The molecule has 0 aromatic heterocycles. The lowest BCUT2D eigenvalue weighted by atomic mass is 9.89. The molecule has 3 unspecified atom stereocenters. The van der Waals surface area contributed by atoms with Crippen molar-refractivity contribution in [1.82, 2.24) is 0 Å². The summed E-state index contributed by atoms with van der Waals surface area (Å²) >= 11 is 1.25. The Bertz CT molecular complexity index is 783. The molecule has 25 heavy (non-hydrogen) atoms. The second-order valence-corrected chi connectivity index (χ2v) is 8.14. The van der Waals surface area contributed by atoms with Crippen molar-refractivity contribution in [2.75, 3.05) is 4.90 Å². The zero-order valence-electron chi connectivity index (χ0n) is 14.0. The molecule has 0 radical (unpaired) electrons. The monoisotopic (exact) mass is 357 g/mol. The fourth-order valence-electron chi connectivity index (χ4n) is 3.12. The Balaban J connectivity index is 1.82. The first kappa shape index (κ1) is 17.5. The van der Waals surface area contributed by atoms with Gasteiger partial charge in [-0.05, 0) is 26.0 Å². The van der Waals surface area contributed by atoms with Crippen molar-refractivity contribution >= 4 is 35.2 Å². The second kappa shape index (κ2) is 6.52. The fourth-order valence-corrected chi connectivity index (χ4v) is 4.65. The van der Waals surface area contributed by atoms with Gasteiger partial charge in [-0.2, -0.15) is 0 Å². The topological polar surface area (TPSA) is 74.7 Å². The molecule has 130 valence electrons. The molecule has 1 saturated heterocycles. The predicted octanol–water partition coefficient (Wildman–Crippen LogP) is 2.95. The van der Waals surface area contributed by atoms with Gasteiger partial charge in [-0.15, -0.1) is 11.8 Å². The third-order valence-corrected chi connectivity index (χ3v) is 6.07. The number of rotatable bonds is 4. The number of carboxylic acids is 1. The molecule has 1 heterocycles. The fraction of sp³-hybridized carbons (Fsp3) is 0.316. The van der Waals surface area contributed by atoms with E-state index in [1.54, 1.807) is 43.4 Å². The molecule has 0 spiro atoms. The van der Waals surface area contributed by atoms with E-state index in [0.717, 1.165) is 5.56 Å². The average molecular weight is 357 g/mol. The van der Waals surface area contributed by atoms with Crippen molar-refractivity contribution in [2.45, 2.75) is 30.3 Å². The lowest BCUT2D eigenvalue weighted by Crippen LogP contribution is -2.38. The maximum atomic E-state index is 12.8. The number of thioether (sulfide) groups is 1. The minimum Gasteiger partial charge on any atom is -0.481 e. The molecule has 1 aliphatic heterocycles. The number of allylic oxidation sites excluding steroid dienone is 2. The molecule has 1 aliphatic carbocycles. The van der Waals surface area contributed by atoms with Crippen LogP contribution in [0.3, 0.4) is 0 Å². The number of imide groups is 1. The predicted molar refractivity (Wildman–Crippen MR) is 97.5 cm³/mol. The first-order valence-electron chi connectivity index (χ1n) is 8.02. The zero-order chi connectivity index (χ0) is 18.2. The molecular weight excluding hydrogens is 338 g/mol. The van der Waals surface area contributed by atoms with E-state index in [-0.39, 0.29) is 18.2 Å². The first-order chi connectivity index (χ1) is 11.8. The van der Waals surface area contributed by atoms with Crippen LogP contribution in [0.1, 0.15) is 18.9 Å². The molecule has 1 N–H and O–H groups in total. The maximum absolute atomic E-state index is 12.8. The van der Waals surface area contributed by atoms with E-state index in [4.69, 9.17) is 0 Å². The number of aliphatic carboxylic acids is 1. The van der Waals surface area contributed by atoms with Crippen LogP contribution < -0.4 is 4.90 Å². The van der Waals surface area contributed by atoms with Gasteiger partial charge in [0.25, 0.3) is 0 Å². The summed E-state index contributed by atoms with van der Waals surface area (Å²) in [5.74, 6) is -2.22. The number of nitrogens with zero attached hydrogens (tertiary/aromatic N) is 1. The quantitative estimate of drug-likeness (QED) is 0.839. The van der Waals surface area contributed by atoms with Crippen LogP contribution in [-0.2, 0) is 14.4 Å². The molecule has 1 aromatic rings. The van der Waals surface area contributed by atoms with E-state index in [1.165, 1.54) is 16.7 Å². The molecule has 6 heteroatoms. The molecule has 2 amide bonds. The van der Waals surface area contributed by atoms with E-state index in [0.29, 0.717) is 5.69 Å². The third kappa shape index (κ3) is 3.26. The number of carbonyl (C=O) groups is 3. The van der Waals surface area contributed by atoms with Gasteiger partial charge < -0.3 is 5.11 Å². The Labute approximate surface area is 150 Å². The number of benzene rings is 1. The van der Waals surface area contributed by atoms with Crippen molar-refractivity contribution in [2.24, 2.45) is 5.92 Å². The lowest BCUT2D eigenvalue weighted by Gasteiger charge is -2.33. The van der Waals surface area contributed by atoms with Gasteiger partial charge in [0.15, 0.2) is 0 Å². The Hall–Kier alpha value is -2.34. The van der Waals surface area contributed by atoms with Gasteiger partial charge in [0.2, 0.25) is 11.8 Å². The molecule has 1 aromatic carbocycles. The highest BCUT2D eigenvalue weighted by Crippen LogP contribution is 2.43. The minimum atomic E-state index is -0.942. The summed E-state index contributed by atoms with van der Waals surface area (Å²) in [6.07, 6.45) is 6.97. The molecule has 5 nitrogen and oxygen atoms in total. The van der Waals surface area contributed by atoms with Gasteiger partial charge >= 0.3 is 5.97 Å². The number of carbonyl (C=O) groups excluding carboxylic acids is 2. The van der Waals surface area contributed by atoms with E-state index >= 15 is 0 Å². The molecule has 3 atom stereocenters. The van der Waals surface area contributed by atoms with Gasteiger partial charge in [0.1, 0.15) is 0 Å². The van der Waals surface area contributed by atoms with Gasteiger partial charge in [-0.25, -0.2) is 4.90 Å². The van der Waals surface area contributed by atoms with E-state index in [1.807, 2.05) is 19.1 Å². The summed E-state index contributed by atoms with van der Waals surface area (Å²) in [4.78, 5) is 37.9. The Morgan fingerprint density at radius 3 is 2.56 bits per heavy atom. The second-order valence-electron chi connectivity index (χ2n) is 6.46. The average Bonchev–Trinajstić information content (AvgIpc) is 2.82. The third-order valence-electron chi connectivity index (χ3n) is 4.52. The number of anilines is 1. The van der Waals surface area contributed by atoms with E-state index in [9.17, 15) is 19.5 Å². The standard InChI is InChI=1S/C19H19NO4S/c1-12-6-8-13(9-7-12)20-16(21)11-15(17(20)22)25-19(2)10-4-3-5-14(19)18(23)24/h3-10,14-15H,11H2,1-2H3,(H,23,24). The number of hydrogen-bond donors (Lipinski definition) is 1. The number of amides is 2. The van der Waals surface area contributed by atoms with Crippen LogP contribution in [0, 0.1) is 12.8 Å². The lowest BCUT2D eigenvalue weighted by molar-refractivity contribution is -0.140. The zero-order valence-corrected chi connectivity index (χ0v) is 14.8. The summed E-state index contributed by atoms with van der Waals surface area (Å²) in [6, 6.07) is 7.21. The van der Waals surface area contributed by atoms with Gasteiger partial charge in [-0.3, -0.25) is 14.4 Å². The SMILES string of the molecule is Cc1ccc(N2C(=O)CC(SC3(C)C=CC=CC3C(=O)O)C2=O)cc1. The summed E-state index contributed by atoms with van der Waals surface area (Å²) < 4.78 is -0.773. The van der Waals surface area contributed by atoms with Crippen molar-refractivity contribution in [3.8, 4) is 0 Å². The molecule has 1 fully saturated rings. The number of carboxylic acid groups (broad SMARTS) is 1. The van der Waals surface area contributed by atoms with Crippen LogP contribution in [0.15, 0.2) is 48.6 Å². The molecule has 3 rings (SSSR count). The Kier molecular flexibility index (Phi) is 4.56. The van der Waals surface area contributed by atoms with E-state index < -0.39 is 21.9 Å². The Morgan fingerprint density at radius 2 is 1.92 bits per heavy atom. The van der Waals surface area contributed by atoms with Crippen LogP contribution in [0.5, 0.6) is 0 Å². The highest BCUT2D eigenvalue weighted by Gasteiger charge is 2.46. The number of aryl methyl sites for hydroxylation is 1. The van der Waals surface area contributed by atoms with Crippen LogP contribution in [-0.4, -0.2) is 32.9 Å².